The number of aryl methyl sites for hydroxylation is 1. The van der Waals surface area contributed by atoms with E-state index in [4.69, 9.17) is 0 Å². The lowest BCUT2D eigenvalue weighted by molar-refractivity contribution is -0.138. The predicted molar refractivity (Wildman–Crippen MR) is 97.1 cm³/mol. The first-order chi connectivity index (χ1) is 12.5. The van der Waals surface area contributed by atoms with Crippen LogP contribution in [0.3, 0.4) is 0 Å². The molecule has 1 N–H and O–H groups in total. The van der Waals surface area contributed by atoms with E-state index in [1.807, 2.05) is 31.0 Å². The Balaban J connectivity index is 1.61. The Morgan fingerprint density at radius 3 is 2.73 bits per heavy atom. The Morgan fingerprint density at radius 2 is 2.00 bits per heavy atom. The van der Waals surface area contributed by atoms with E-state index in [1.165, 1.54) is 0 Å². The number of rotatable bonds is 2. The number of hydrogen-bond donors (Lipinski definition) is 1. The van der Waals surface area contributed by atoms with E-state index in [0.717, 1.165) is 24.1 Å². The summed E-state index contributed by atoms with van der Waals surface area (Å²) in [7, 11) is 1.84. The van der Waals surface area contributed by atoms with Crippen molar-refractivity contribution in [1.29, 1.82) is 0 Å². The number of piperidine rings is 1. The molecule has 4 aliphatic heterocycles. The molecule has 2 atom stereocenters. The van der Waals surface area contributed by atoms with E-state index < -0.39 is 0 Å². The molecule has 4 saturated heterocycles. The summed E-state index contributed by atoms with van der Waals surface area (Å²) >= 11 is 0. The number of benzene rings is 1. The maximum absolute atomic E-state index is 13.1. The summed E-state index contributed by atoms with van der Waals surface area (Å²) in [4.78, 5) is 42.8. The fourth-order valence-corrected chi connectivity index (χ4v) is 4.24. The minimum Gasteiger partial charge on any atom is -0.341 e. The van der Waals surface area contributed by atoms with E-state index in [1.54, 1.807) is 15.9 Å². The highest BCUT2D eigenvalue weighted by Gasteiger charge is 2.40. The molecule has 2 bridgehead atoms. The standard InChI is InChI=1S/C19H24N4O3/c1-12-3-4-13(9-16(12)23-8-7-20-19(23)26)18(25)22-10-14-5-6-15(11-22)21(2)17(14)24/h3-4,9,14-15H,5-8,10-11H2,1-2H3,(H,20,26)/t14-,15+/m1/s1. The molecular formula is C19H24N4O3. The average molecular weight is 356 g/mol. The Hall–Kier alpha value is -2.57. The number of nitrogens with one attached hydrogen (secondary N) is 1. The van der Waals surface area contributed by atoms with E-state index in [-0.39, 0.29) is 29.8 Å². The summed E-state index contributed by atoms with van der Waals surface area (Å²) in [5.74, 6) is -0.0160. The van der Waals surface area contributed by atoms with Gasteiger partial charge in [-0.25, -0.2) is 4.79 Å². The Labute approximate surface area is 152 Å². The van der Waals surface area contributed by atoms with Crippen molar-refractivity contribution in [2.45, 2.75) is 25.8 Å². The third kappa shape index (κ3) is 2.71. The second kappa shape index (κ2) is 6.30. The molecule has 5 rings (SSSR count). The normalized spacial score (nSPS) is 25.5. The van der Waals surface area contributed by atoms with Gasteiger partial charge in [0.1, 0.15) is 0 Å². The molecule has 7 nitrogen and oxygen atoms in total. The van der Waals surface area contributed by atoms with Crippen LogP contribution in [0.15, 0.2) is 18.2 Å². The maximum Gasteiger partial charge on any atom is 0.322 e. The van der Waals surface area contributed by atoms with Gasteiger partial charge in [0.15, 0.2) is 0 Å². The number of likely N-dealkylation sites (N-methyl/N-ethyl adjacent to an activating group) is 1. The summed E-state index contributed by atoms with van der Waals surface area (Å²) in [6, 6.07) is 5.48. The molecule has 0 aromatic heterocycles. The van der Waals surface area contributed by atoms with Crippen LogP contribution < -0.4 is 10.2 Å². The first kappa shape index (κ1) is 16.9. The molecule has 0 unspecified atom stereocenters. The van der Waals surface area contributed by atoms with E-state index >= 15 is 0 Å². The molecule has 138 valence electrons. The second-order valence-electron chi connectivity index (χ2n) is 7.47. The van der Waals surface area contributed by atoms with Crippen molar-refractivity contribution >= 4 is 23.5 Å². The Bertz CT molecular complexity index is 778. The van der Waals surface area contributed by atoms with Gasteiger partial charge in [-0.15, -0.1) is 0 Å². The van der Waals surface area contributed by atoms with Crippen molar-refractivity contribution in [3.8, 4) is 0 Å². The van der Waals surface area contributed by atoms with Crippen molar-refractivity contribution in [3.63, 3.8) is 0 Å². The molecule has 0 spiro atoms. The van der Waals surface area contributed by atoms with Gasteiger partial charge < -0.3 is 15.1 Å². The van der Waals surface area contributed by atoms with Crippen LogP contribution in [-0.4, -0.2) is 66.9 Å². The highest BCUT2D eigenvalue weighted by atomic mass is 16.2. The number of amides is 4. The monoisotopic (exact) mass is 356 g/mol. The molecule has 4 heterocycles. The molecule has 4 amide bonds. The van der Waals surface area contributed by atoms with Crippen LogP contribution in [0.4, 0.5) is 10.5 Å². The largest absolute Gasteiger partial charge is 0.341 e. The first-order valence-corrected chi connectivity index (χ1v) is 9.17. The molecule has 4 fully saturated rings. The summed E-state index contributed by atoms with van der Waals surface area (Å²) in [5.41, 5.74) is 2.31. The Morgan fingerprint density at radius 1 is 1.19 bits per heavy atom. The zero-order valence-corrected chi connectivity index (χ0v) is 15.2. The Kier molecular flexibility index (Phi) is 4.09. The molecular weight excluding hydrogens is 332 g/mol. The number of urea groups is 1. The van der Waals surface area contributed by atoms with Crippen molar-refractivity contribution in [2.24, 2.45) is 5.92 Å². The first-order valence-electron chi connectivity index (χ1n) is 9.17. The topological polar surface area (TPSA) is 73.0 Å². The summed E-state index contributed by atoms with van der Waals surface area (Å²) in [6.45, 7) is 4.21. The lowest BCUT2D eigenvalue weighted by atomic mass is 9.95. The number of fused-ring (bicyclic) bond motifs is 4. The van der Waals surface area contributed by atoms with Gasteiger partial charge in [0.05, 0.1) is 5.92 Å². The van der Waals surface area contributed by atoms with Gasteiger partial charge >= 0.3 is 6.03 Å². The minimum absolute atomic E-state index is 0.0640. The van der Waals surface area contributed by atoms with Crippen LogP contribution in [-0.2, 0) is 4.79 Å². The number of hydrogen-bond acceptors (Lipinski definition) is 3. The van der Waals surface area contributed by atoms with Crippen LogP contribution in [0.2, 0.25) is 0 Å². The quantitative estimate of drug-likeness (QED) is 0.866. The van der Waals surface area contributed by atoms with Crippen molar-refractivity contribution < 1.29 is 14.4 Å². The van der Waals surface area contributed by atoms with Crippen molar-refractivity contribution in [3.05, 3.63) is 29.3 Å². The van der Waals surface area contributed by atoms with Gasteiger partial charge in [-0.2, -0.15) is 0 Å². The van der Waals surface area contributed by atoms with Gasteiger partial charge in [0.25, 0.3) is 5.91 Å². The molecule has 0 aliphatic carbocycles. The number of carbonyl (C=O) groups is 3. The molecule has 1 aromatic rings. The van der Waals surface area contributed by atoms with Crippen molar-refractivity contribution in [1.82, 2.24) is 15.1 Å². The zero-order valence-electron chi connectivity index (χ0n) is 15.2. The van der Waals surface area contributed by atoms with Gasteiger partial charge in [-0.1, -0.05) is 6.07 Å². The molecule has 26 heavy (non-hydrogen) atoms. The molecule has 0 saturated carbocycles. The fourth-order valence-electron chi connectivity index (χ4n) is 4.24. The summed E-state index contributed by atoms with van der Waals surface area (Å²) < 4.78 is 0. The number of carbonyl (C=O) groups excluding carboxylic acids is 3. The lowest BCUT2D eigenvalue weighted by Gasteiger charge is -2.32. The summed E-state index contributed by atoms with van der Waals surface area (Å²) in [6.07, 6.45) is 1.80. The highest BCUT2D eigenvalue weighted by molar-refractivity contribution is 5.99. The third-order valence-electron chi connectivity index (χ3n) is 5.86. The predicted octanol–water partition coefficient (Wildman–Crippen LogP) is 1.22. The summed E-state index contributed by atoms with van der Waals surface area (Å²) in [5, 5.41) is 2.79. The van der Waals surface area contributed by atoms with E-state index in [0.29, 0.717) is 31.7 Å². The van der Waals surface area contributed by atoms with Gasteiger partial charge in [-0.05, 0) is 37.5 Å². The SMILES string of the molecule is Cc1ccc(C(=O)N2C[C@H]3CC[C@@H](C2)N(C)C3=O)cc1N1CCNC1=O. The lowest BCUT2D eigenvalue weighted by Crippen LogP contribution is -2.45. The van der Waals surface area contributed by atoms with Gasteiger partial charge in [0.2, 0.25) is 5.91 Å². The molecule has 7 heteroatoms. The zero-order chi connectivity index (χ0) is 18.4. The third-order valence-corrected chi connectivity index (χ3v) is 5.86. The van der Waals surface area contributed by atoms with Crippen LogP contribution in [0.25, 0.3) is 0 Å². The van der Waals surface area contributed by atoms with Crippen LogP contribution in [0.1, 0.15) is 28.8 Å². The van der Waals surface area contributed by atoms with Crippen LogP contribution in [0.5, 0.6) is 0 Å². The van der Waals surface area contributed by atoms with Crippen LogP contribution in [0, 0.1) is 12.8 Å². The van der Waals surface area contributed by atoms with E-state index in [2.05, 4.69) is 5.32 Å². The highest BCUT2D eigenvalue weighted by Crippen LogP contribution is 2.30. The average Bonchev–Trinajstić information content (AvgIpc) is 2.88. The molecule has 1 aromatic carbocycles. The second-order valence-corrected chi connectivity index (χ2v) is 7.47. The fraction of sp³-hybridized carbons (Fsp3) is 0.526. The number of nitrogens with zero attached hydrogens (tertiary/aromatic N) is 3. The van der Waals surface area contributed by atoms with Crippen LogP contribution >= 0.6 is 0 Å². The van der Waals surface area contributed by atoms with Crippen molar-refractivity contribution in [2.75, 3.05) is 38.1 Å². The van der Waals surface area contributed by atoms with E-state index in [9.17, 15) is 14.4 Å². The maximum atomic E-state index is 13.1. The number of anilines is 1. The van der Waals surface area contributed by atoms with Gasteiger partial charge in [-0.3, -0.25) is 14.5 Å². The van der Waals surface area contributed by atoms with Gasteiger partial charge in [0, 0.05) is 50.5 Å². The smallest absolute Gasteiger partial charge is 0.322 e. The molecule has 4 aliphatic rings. The minimum atomic E-state index is -0.127. The molecule has 0 radical (unpaired) electrons.